The first-order chi connectivity index (χ1) is 14.0. The number of piperazine rings is 1. The molecule has 0 spiro atoms. The van der Waals surface area contributed by atoms with E-state index in [0.29, 0.717) is 32.5 Å². The molecule has 1 saturated heterocycles. The number of benzene rings is 1. The van der Waals surface area contributed by atoms with Gasteiger partial charge in [-0.1, -0.05) is 0 Å². The van der Waals surface area contributed by atoms with E-state index in [4.69, 9.17) is 0 Å². The molecule has 2 aliphatic heterocycles. The molecule has 154 valence electrons. The number of imidazole rings is 1. The summed E-state index contributed by atoms with van der Waals surface area (Å²) in [6, 6.07) is 5.78. The molecule has 29 heavy (non-hydrogen) atoms. The number of urea groups is 1. The van der Waals surface area contributed by atoms with Gasteiger partial charge in [0.15, 0.2) is 0 Å². The number of amides is 3. The van der Waals surface area contributed by atoms with Gasteiger partial charge in [0.1, 0.15) is 5.82 Å². The Labute approximate surface area is 171 Å². The number of aryl methyl sites for hydroxylation is 2. The molecule has 0 radical (unpaired) electrons. The van der Waals surface area contributed by atoms with Gasteiger partial charge < -0.3 is 19.7 Å². The van der Waals surface area contributed by atoms with E-state index in [2.05, 4.69) is 22.2 Å². The number of hydrogen-bond acceptors (Lipinski definition) is 4. The molecule has 0 saturated carbocycles. The second-order valence-corrected chi connectivity index (χ2v) is 7.75. The Morgan fingerprint density at radius 3 is 2.79 bits per heavy atom. The fourth-order valence-corrected chi connectivity index (χ4v) is 4.22. The number of nitrogens with zero attached hydrogens (tertiary/aromatic N) is 5. The molecule has 0 bridgehead atoms. The maximum absolute atomic E-state index is 12.9. The smallest absolute Gasteiger partial charge is 0.321 e. The Hall–Kier alpha value is -2.87. The van der Waals surface area contributed by atoms with Crippen molar-refractivity contribution >= 4 is 23.3 Å². The van der Waals surface area contributed by atoms with Gasteiger partial charge in [-0.05, 0) is 44.2 Å². The lowest BCUT2D eigenvalue weighted by molar-refractivity contribution is -0.118. The van der Waals surface area contributed by atoms with E-state index < -0.39 is 0 Å². The number of anilines is 2. The van der Waals surface area contributed by atoms with E-state index in [1.54, 1.807) is 6.20 Å². The van der Waals surface area contributed by atoms with Crippen LogP contribution in [-0.4, -0.2) is 64.5 Å². The van der Waals surface area contributed by atoms with Crippen LogP contribution in [0.1, 0.15) is 30.8 Å². The molecule has 1 fully saturated rings. The topological polar surface area (TPSA) is 73.7 Å². The number of carbonyl (C=O) groups is 2. The third-order valence-electron chi connectivity index (χ3n) is 5.94. The molecule has 8 nitrogen and oxygen atoms in total. The fourth-order valence-electron chi connectivity index (χ4n) is 4.22. The van der Waals surface area contributed by atoms with E-state index in [1.165, 1.54) is 0 Å². The van der Waals surface area contributed by atoms with Crippen LogP contribution in [0.25, 0.3) is 0 Å². The van der Waals surface area contributed by atoms with Crippen LogP contribution in [0.15, 0.2) is 30.6 Å². The molecule has 3 amide bonds. The van der Waals surface area contributed by atoms with E-state index in [9.17, 15) is 9.59 Å². The first-order valence-corrected chi connectivity index (χ1v) is 10.1. The molecule has 3 heterocycles. The third-order valence-corrected chi connectivity index (χ3v) is 5.94. The van der Waals surface area contributed by atoms with Crippen molar-refractivity contribution in [3.63, 3.8) is 0 Å². The molecular weight excluding hydrogens is 368 g/mol. The minimum absolute atomic E-state index is 0.0714. The van der Waals surface area contributed by atoms with E-state index in [-0.39, 0.29) is 18.0 Å². The predicted octanol–water partition coefficient (Wildman–Crippen LogP) is 2.24. The summed E-state index contributed by atoms with van der Waals surface area (Å²) in [6.07, 6.45) is 4.95. The van der Waals surface area contributed by atoms with E-state index >= 15 is 0 Å². The standard InChI is InChI=1S/C21H28N6O2/c1-4-27-17-7-6-16(13-15(17)5-8-19(27)28)23-21(29)26-12-11-24(2)18(14-26)20-22-9-10-25(20)3/h6-7,9-10,13,18H,4-5,8,11-12,14H2,1-3H3,(H,23,29). The Balaban J connectivity index is 1.47. The zero-order valence-corrected chi connectivity index (χ0v) is 17.3. The van der Waals surface area contributed by atoms with Crippen LogP contribution in [0.2, 0.25) is 0 Å². The first kappa shape index (κ1) is 19.4. The lowest BCUT2D eigenvalue weighted by atomic mass is 10.0. The number of carbonyl (C=O) groups excluding carboxylic acids is 2. The number of nitrogens with one attached hydrogen (secondary N) is 1. The number of hydrogen-bond donors (Lipinski definition) is 1. The molecule has 4 rings (SSSR count). The molecule has 2 aromatic rings. The summed E-state index contributed by atoms with van der Waals surface area (Å²) in [5, 5.41) is 3.04. The zero-order chi connectivity index (χ0) is 20.5. The summed E-state index contributed by atoms with van der Waals surface area (Å²) in [6.45, 7) is 4.70. The van der Waals surface area contributed by atoms with Gasteiger partial charge in [0.05, 0.1) is 6.04 Å². The molecule has 8 heteroatoms. The summed E-state index contributed by atoms with van der Waals surface area (Å²) in [5.74, 6) is 1.12. The Bertz CT molecular complexity index is 924. The Morgan fingerprint density at radius 1 is 1.24 bits per heavy atom. The van der Waals surface area contributed by atoms with Crippen molar-refractivity contribution in [2.24, 2.45) is 7.05 Å². The van der Waals surface area contributed by atoms with Crippen LogP contribution in [0, 0.1) is 0 Å². The van der Waals surface area contributed by atoms with E-state index in [1.807, 2.05) is 52.7 Å². The highest BCUT2D eigenvalue weighted by Gasteiger charge is 2.31. The number of aromatic nitrogens is 2. The van der Waals surface area contributed by atoms with Crippen LogP contribution in [-0.2, 0) is 18.3 Å². The predicted molar refractivity (Wildman–Crippen MR) is 112 cm³/mol. The van der Waals surface area contributed by atoms with Crippen molar-refractivity contribution in [3.8, 4) is 0 Å². The Kier molecular flexibility index (Phi) is 5.27. The molecular formula is C21H28N6O2. The Morgan fingerprint density at radius 2 is 2.07 bits per heavy atom. The number of likely N-dealkylation sites (N-methyl/N-ethyl adjacent to an activating group) is 1. The van der Waals surface area contributed by atoms with E-state index in [0.717, 1.165) is 29.3 Å². The minimum Gasteiger partial charge on any atom is -0.337 e. The monoisotopic (exact) mass is 396 g/mol. The molecule has 1 unspecified atom stereocenters. The molecule has 1 aromatic carbocycles. The highest BCUT2D eigenvalue weighted by atomic mass is 16.2. The average Bonchev–Trinajstić information content (AvgIpc) is 3.14. The van der Waals surface area contributed by atoms with Crippen LogP contribution in [0.5, 0.6) is 0 Å². The maximum Gasteiger partial charge on any atom is 0.321 e. The van der Waals surface area contributed by atoms with Gasteiger partial charge in [0.25, 0.3) is 0 Å². The van der Waals surface area contributed by atoms with Crippen molar-refractivity contribution in [2.45, 2.75) is 25.8 Å². The van der Waals surface area contributed by atoms with Crippen molar-refractivity contribution in [1.82, 2.24) is 19.4 Å². The van der Waals surface area contributed by atoms with Crippen molar-refractivity contribution in [3.05, 3.63) is 42.0 Å². The van der Waals surface area contributed by atoms with Crippen molar-refractivity contribution in [1.29, 1.82) is 0 Å². The average molecular weight is 396 g/mol. The van der Waals surface area contributed by atoms with Crippen molar-refractivity contribution in [2.75, 3.05) is 43.4 Å². The third kappa shape index (κ3) is 3.72. The molecule has 0 aliphatic carbocycles. The maximum atomic E-state index is 12.9. The van der Waals surface area contributed by atoms with Crippen LogP contribution in [0.4, 0.5) is 16.2 Å². The highest BCUT2D eigenvalue weighted by Crippen LogP contribution is 2.30. The first-order valence-electron chi connectivity index (χ1n) is 10.1. The summed E-state index contributed by atoms with van der Waals surface area (Å²) in [5.41, 5.74) is 2.83. The summed E-state index contributed by atoms with van der Waals surface area (Å²) in [4.78, 5) is 35.4. The van der Waals surface area contributed by atoms with Gasteiger partial charge in [-0.3, -0.25) is 9.69 Å². The quantitative estimate of drug-likeness (QED) is 0.864. The molecule has 1 atom stereocenters. The summed E-state index contributed by atoms with van der Waals surface area (Å²) >= 11 is 0. The normalized spacial score (nSPS) is 20.0. The van der Waals surface area contributed by atoms with Gasteiger partial charge in [0.2, 0.25) is 5.91 Å². The number of fused-ring (bicyclic) bond motifs is 1. The SMILES string of the molecule is CCN1C(=O)CCc2cc(NC(=O)N3CCN(C)C(c4nccn4C)C3)ccc21. The van der Waals surface area contributed by atoms with Gasteiger partial charge in [-0.25, -0.2) is 9.78 Å². The minimum atomic E-state index is -0.100. The molecule has 1 N–H and O–H groups in total. The van der Waals surface area contributed by atoms with Crippen LogP contribution in [0.3, 0.4) is 0 Å². The largest absolute Gasteiger partial charge is 0.337 e. The highest BCUT2D eigenvalue weighted by molar-refractivity contribution is 5.97. The van der Waals surface area contributed by atoms with Gasteiger partial charge in [0, 0.05) is 63.4 Å². The van der Waals surface area contributed by atoms with Crippen LogP contribution >= 0.6 is 0 Å². The summed E-state index contributed by atoms with van der Waals surface area (Å²) in [7, 11) is 4.05. The van der Waals surface area contributed by atoms with Crippen LogP contribution < -0.4 is 10.2 Å². The van der Waals surface area contributed by atoms with Gasteiger partial charge in [-0.2, -0.15) is 0 Å². The second kappa shape index (κ2) is 7.87. The van der Waals surface area contributed by atoms with Gasteiger partial charge in [-0.15, -0.1) is 0 Å². The van der Waals surface area contributed by atoms with Gasteiger partial charge >= 0.3 is 6.03 Å². The fraction of sp³-hybridized carbons (Fsp3) is 0.476. The molecule has 1 aromatic heterocycles. The number of rotatable bonds is 3. The lowest BCUT2D eigenvalue weighted by Gasteiger charge is -2.39. The molecule has 2 aliphatic rings. The van der Waals surface area contributed by atoms with Crippen molar-refractivity contribution < 1.29 is 9.59 Å². The summed E-state index contributed by atoms with van der Waals surface area (Å²) < 4.78 is 2.01. The lowest BCUT2D eigenvalue weighted by Crippen LogP contribution is -2.50. The second-order valence-electron chi connectivity index (χ2n) is 7.75. The zero-order valence-electron chi connectivity index (χ0n) is 17.3.